The molecule has 3 aromatic heterocycles. The summed E-state index contributed by atoms with van der Waals surface area (Å²) in [6.07, 6.45) is 4.78. The molecule has 0 aliphatic carbocycles. The molecule has 3 heterocycles. The third-order valence-corrected chi connectivity index (χ3v) is 5.11. The fourth-order valence-electron chi connectivity index (χ4n) is 3.70. The van der Waals surface area contributed by atoms with Crippen LogP contribution < -0.4 is 10.6 Å². The smallest absolute Gasteiger partial charge is 0.229 e. The third kappa shape index (κ3) is 3.67. The summed E-state index contributed by atoms with van der Waals surface area (Å²) < 4.78 is 0. The van der Waals surface area contributed by atoms with E-state index in [4.69, 9.17) is 0 Å². The molecule has 0 saturated carbocycles. The Bertz CT molecular complexity index is 1320. The van der Waals surface area contributed by atoms with E-state index in [2.05, 4.69) is 55.0 Å². The summed E-state index contributed by atoms with van der Waals surface area (Å²) in [7, 11) is 0. The van der Waals surface area contributed by atoms with Crippen LogP contribution in [0.3, 0.4) is 0 Å². The molecule has 2 aromatic carbocycles. The maximum absolute atomic E-state index is 4.65. The molecule has 6 heteroatoms. The highest BCUT2D eigenvalue weighted by Crippen LogP contribution is 2.24. The minimum atomic E-state index is 0.558. The Morgan fingerprint density at radius 1 is 0.967 bits per heavy atom. The van der Waals surface area contributed by atoms with Crippen molar-refractivity contribution in [2.45, 2.75) is 13.3 Å². The van der Waals surface area contributed by atoms with E-state index in [1.807, 2.05) is 49.4 Å². The van der Waals surface area contributed by atoms with Crippen LogP contribution in [-0.4, -0.2) is 26.5 Å². The molecule has 30 heavy (non-hydrogen) atoms. The molecular formula is C24H22N6. The van der Waals surface area contributed by atoms with Crippen molar-refractivity contribution in [1.82, 2.24) is 19.9 Å². The van der Waals surface area contributed by atoms with Crippen LogP contribution in [-0.2, 0) is 6.42 Å². The summed E-state index contributed by atoms with van der Waals surface area (Å²) in [5.74, 6) is 1.36. The largest absolute Gasteiger partial charge is 0.370 e. The van der Waals surface area contributed by atoms with Gasteiger partial charge in [0.2, 0.25) is 5.95 Å². The van der Waals surface area contributed by atoms with E-state index < -0.39 is 0 Å². The maximum Gasteiger partial charge on any atom is 0.229 e. The van der Waals surface area contributed by atoms with Crippen molar-refractivity contribution in [3.63, 3.8) is 0 Å². The molecule has 5 rings (SSSR count). The van der Waals surface area contributed by atoms with Crippen LogP contribution in [0.15, 0.2) is 73.1 Å². The van der Waals surface area contributed by atoms with Crippen LogP contribution in [0.4, 0.5) is 17.5 Å². The van der Waals surface area contributed by atoms with Crippen LogP contribution in [0.1, 0.15) is 11.3 Å². The van der Waals surface area contributed by atoms with E-state index in [0.717, 1.165) is 41.1 Å². The van der Waals surface area contributed by atoms with Crippen LogP contribution in [0.25, 0.3) is 21.8 Å². The Morgan fingerprint density at radius 3 is 2.83 bits per heavy atom. The summed E-state index contributed by atoms with van der Waals surface area (Å²) in [4.78, 5) is 17.0. The van der Waals surface area contributed by atoms with Gasteiger partial charge in [-0.2, -0.15) is 4.98 Å². The van der Waals surface area contributed by atoms with E-state index in [0.29, 0.717) is 5.95 Å². The zero-order chi connectivity index (χ0) is 20.3. The number of benzene rings is 2. The quantitative estimate of drug-likeness (QED) is 0.368. The molecule has 0 aliphatic rings. The zero-order valence-corrected chi connectivity index (χ0v) is 16.7. The zero-order valence-electron chi connectivity index (χ0n) is 16.7. The molecule has 0 amide bonds. The summed E-state index contributed by atoms with van der Waals surface area (Å²) >= 11 is 0. The molecule has 0 aliphatic heterocycles. The Labute approximate surface area is 174 Å². The fourth-order valence-corrected chi connectivity index (χ4v) is 3.70. The second kappa shape index (κ2) is 7.83. The Balaban J connectivity index is 1.32. The van der Waals surface area contributed by atoms with Gasteiger partial charge in [-0.1, -0.05) is 36.4 Å². The van der Waals surface area contributed by atoms with Gasteiger partial charge in [-0.05, 0) is 37.1 Å². The van der Waals surface area contributed by atoms with E-state index in [9.17, 15) is 0 Å². The number of hydrogen-bond acceptors (Lipinski definition) is 5. The Hall–Kier alpha value is -3.93. The number of aromatic amines is 1. The molecule has 5 aromatic rings. The predicted molar refractivity (Wildman–Crippen MR) is 122 cm³/mol. The SMILES string of the molecule is Cc1cc(NCCc2c[nH]c3ccccc23)nc(Nc2cccc3cccnc23)n1. The van der Waals surface area contributed by atoms with Crippen molar-refractivity contribution in [2.75, 3.05) is 17.2 Å². The second-order valence-electron chi connectivity index (χ2n) is 7.26. The standard InChI is InChI=1S/C24H22N6/c1-16-14-22(25-13-11-18-15-27-20-9-3-2-8-19(18)20)30-24(28-16)29-21-10-4-6-17-7-5-12-26-23(17)21/h2-10,12,14-15,27H,11,13H2,1H3,(H2,25,28,29,30). The van der Waals surface area contributed by atoms with E-state index in [1.165, 1.54) is 16.5 Å². The Kier molecular flexibility index (Phi) is 4.73. The average Bonchev–Trinajstić information content (AvgIpc) is 3.17. The molecule has 6 nitrogen and oxygen atoms in total. The topological polar surface area (TPSA) is 78.5 Å². The lowest BCUT2D eigenvalue weighted by molar-refractivity contribution is 1.00. The number of para-hydroxylation sites is 2. The van der Waals surface area contributed by atoms with Crippen molar-refractivity contribution < 1.29 is 0 Å². The highest BCUT2D eigenvalue weighted by Gasteiger charge is 2.07. The predicted octanol–water partition coefficient (Wildman–Crippen LogP) is 5.21. The molecule has 0 bridgehead atoms. The molecular weight excluding hydrogens is 372 g/mol. The van der Waals surface area contributed by atoms with Gasteiger partial charge in [0.1, 0.15) is 5.82 Å². The van der Waals surface area contributed by atoms with E-state index in [1.54, 1.807) is 6.20 Å². The first-order valence-electron chi connectivity index (χ1n) is 10.0. The van der Waals surface area contributed by atoms with Gasteiger partial charge in [0.05, 0.1) is 11.2 Å². The fraction of sp³-hybridized carbons (Fsp3) is 0.125. The normalized spacial score (nSPS) is 11.1. The number of H-pyrrole nitrogens is 1. The Morgan fingerprint density at radius 2 is 1.87 bits per heavy atom. The number of nitrogens with one attached hydrogen (secondary N) is 3. The van der Waals surface area contributed by atoms with Gasteiger partial charge < -0.3 is 15.6 Å². The number of hydrogen-bond donors (Lipinski definition) is 3. The van der Waals surface area contributed by atoms with Crippen LogP contribution >= 0.6 is 0 Å². The molecule has 0 saturated heterocycles. The first-order valence-corrected chi connectivity index (χ1v) is 10.0. The van der Waals surface area contributed by atoms with Gasteiger partial charge >= 0.3 is 0 Å². The molecule has 148 valence electrons. The second-order valence-corrected chi connectivity index (χ2v) is 7.26. The number of rotatable bonds is 6. The highest BCUT2D eigenvalue weighted by atomic mass is 15.1. The van der Waals surface area contributed by atoms with Crippen molar-refractivity contribution in [1.29, 1.82) is 0 Å². The minimum Gasteiger partial charge on any atom is -0.370 e. The monoisotopic (exact) mass is 394 g/mol. The summed E-state index contributed by atoms with van der Waals surface area (Å²) in [6.45, 7) is 2.76. The molecule has 0 spiro atoms. The van der Waals surface area contributed by atoms with Crippen molar-refractivity contribution in [2.24, 2.45) is 0 Å². The number of nitrogens with zero attached hydrogens (tertiary/aromatic N) is 3. The summed E-state index contributed by atoms with van der Waals surface area (Å²) in [5.41, 5.74) is 5.15. The maximum atomic E-state index is 4.65. The van der Waals surface area contributed by atoms with Gasteiger partial charge in [-0.25, -0.2) is 4.98 Å². The molecule has 3 N–H and O–H groups in total. The van der Waals surface area contributed by atoms with Crippen LogP contribution in [0.5, 0.6) is 0 Å². The van der Waals surface area contributed by atoms with Gasteiger partial charge in [0, 0.05) is 47.0 Å². The van der Waals surface area contributed by atoms with Crippen molar-refractivity contribution in [3.8, 4) is 0 Å². The number of fused-ring (bicyclic) bond motifs is 2. The lowest BCUT2D eigenvalue weighted by Gasteiger charge is -2.11. The number of aryl methyl sites for hydroxylation is 1. The highest BCUT2D eigenvalue weighted by molar-refractivity contribution is 5.91. The minimum absolute atomic E-state index is 0.558. The first kappa shape index (κ1) is 18.1. The van der Waals surface area contributed by atoms with E-state index in [-0.39, 0.29) is 0 Å². The molecule has 0 unspecified atom stereocenters. The number of pyridine rings is 1. The van der Waals surface area contributed by atoms with Crippen molar-refractivity contribution in [3.05, 3.63) is 84.3 Å². The lowest BCUT2D eigenvalue weighted by Crippen LogP contribution is -2.08. The molecule has 0 fully saturated rings. The summed E-state index contributed by atoms with van der Waals surface area (Å²) in [5, 5.41) is 9.10. The van der Waals surface area contributed by atoms with E-state index >= 15 is 0 Å². The van der Waals surface area contributed by atoms with Crippen LogP contribution in [0.2, 0.25) is 0 Å². The van der Waals surface area contributed by atoms with Gasteiger partial charge in [-0.3, -0.25) is 4.98 Å². The molecule has 0 atom stereocenters. The van der Waals surface area contributed by atoms with Crippen molar-refractivity contribution >= 4 is 39.3 Å². The van der Waals surface area contributed by atoms with Gasteiger partial charge in [-0.15, -0.1) is 0 Å². The van der Waals surface area contributed by atoms with Gasteiger partial charge in [0.25, 0.3) is 0 Å². The first-order chi connectivity index (χ1) is 14.8. The number of aromatic nitrogens is 4. The average molecular weight is 394 g/mol. The number of anilines is 3. The third-order valence-electron chi connectivity index (χ3n) is 5.11. The van der Waals surface area contributed by atoms with Crippen LogP contribution in [0, 0.1) is 6.92 Å². The molecule has 0 radical (unpaired) electrons. The van der Waals surface area contributed by atoms with Gasteiger partial charge in [0.15, 0.2) is 0 Å². The summed E-state index contributed by atoms with van der Waals surface area (Å²) in [6, 6.07) is 20.3. The lowest BCUT2D eigenvalue weighted by atomic mass is 10.1.